The molecule has 0 aliphatic carbocycles. The molecule has 90 valence electrons. The minimum absolute atomic E-state index is 0.286. The smallest absolute Gasteiger partial charge is 0.0476 e. The molecule has 0 N–H and O–H groups in total. The van der Waals surface area contributed by atoms with Crippen molar-refractivity contribution in [2.45, 2.75) is 37.2 Å². The Balaban J connectivity index is 2.71. The number of methoxy groups -OCH3 is 1. The molecule has 1 nitrogen and oxygen atoms in total. The Bertz CT molecular complexity index is 289. The van der Waals surface area contributed by atoms with Gasteiger partial charge in [0.1, 0.15) is 0 Å². The summed E-state index contributed by atoms with van der Waals surface area (Å²) in [6, 6.07) is 10.7. The summed E-state index contributed by atoms with van der Waals surface area (Å²) in [5.41, 5.74) is 1.40. The largest absolute Gasteiger partial charge is 0.385 e. The minimum atomic E-state index is 0.286. The first-order valence-corrected chi connectivity index (χ1v) is 6.62. The summed E-state index contributed by atoms with van der Waals surface area (Å²) in [5.74, 6) is 0. The van der Waals surface area contributed by atoms with E-state index in [2.05, 4.69) is 51.1 Å². The minimum Gasteiger partial charge on any atom is -0.385 e. The summed E-state index contributed by atoms with van der Waals surface area (Å²) in [6.07, 6.45) is 1.07. The van der Waals surface area contributed by atoms with E-state index in [1.54, 1.807) is 7.11 Å². The third-order valence-corrected chi connectivity index (χ3v) is 3.75. The lowest BCUT2D eigenvalue weighted by Crippen LogP contribution is -2.12. The Morgan fingerprint density at radius 2 is 1.81 bits per heavy atom. The highest BCUT2D eigenvalue weighted by molar-refractivity contribution is 8.00. The third kappa shape index (κ3) is 5.04. The van der Waals surface area contributed by atoms with Crippen LogP contribution in [0.15, 0.2) is 30.3 Å². The van der Waals surface area contributed by atoms with E-state index < -0.39 is 0 Å². The fourth-order valence-corrected chi connectivity index (χ4v) is 2.97. The van der Waals surface area contributed by atoms with Gasteiger partial charge in [0, 0.05) is 23.7 Å². The highest BCUT2D eigenvalue weighted by Gasteiger charge is 2.20. The molecule has 1 atom stereocenters. The molecule has 0 saturated carbocycles. The van der Waals surface area contributed by atoms with Crippen LogP contribution in [0.2, 0.25) is 0 Å². The zero-order chi connectivity index (χ0) is 12.0. The third-order valence-electron chi connectivity index (χ3n) is 2.25. The van der Waals surface area contributed by atoms with Crippen LogP contribution in [0.3, 0.4) is 0 Å². The fraction of sp³-hybridized carbons (Fsp3) is 0.571. The van der Waals surface area contributed by atoms with Crippen molar-refractivity contribution in [2.24, 2.45) is 0 Å². The number of ether oxygens (including phenoxy) is 1. The van der Waals surface area contributed by atoms with Crippen LogP contribution < -0.4 is 0 Å². The second-order valence-electron chi connectivity index (χ2n) is 4.91. The van der Waals surface area contributed by atoms with Gasteiger partial charge in [-0.15, -0.1) is 11.8 Å². The lowest BCUT2D eigenvalue weighted by molar-refractivity contribution is 0.194. The van der Waals surface area contributed by atoms with E-state index in [0.717, 1.165) is 13.0 Å². The van der Waals surface area contributed by atoms with Crippen LogP contribution in [-0.4, -0.2) is 18.5 Å². The summed E-state index contributed by atoms with van der Waals surface area (Å²) >= 11 is 2.01. The van der Waals surface area contributed by atoms with Gasteiger partial charge >= 0.3 is 0 Å². The van der Waals surface area contributed by atoms with Gasteiger partial charge in [-0.1, -0.05) is 51.1 Å². The second kappa shape index (κ2) is 6.31. The maximum Gasteiger partial charge on any atom is 0.0476 e. The summed E-state index contributed by atoms with van der Waals surface area (Å²) in [4.78, 5) is 0. The van der Waals surface area contributed by atoms with Gasteiger partial charge in [-0.2, -0.15) is 0 Å². The van der Waals surface area contributed by atoms with Crippen molar-refractivity contribution < 1.29 is 4.74 Å². The van der Waals surface area contributed by atoms with E-state index >= 15 is 0 Å². The van der Waals surface area contributed by atoms with Crippen LogP contribution in [0.4, 0.5) is 0 Å². The van der Waals surface area contributed by atoms with Gasteiger partial charge < -0.3 is 4.74 Å². The molecule has 2 heteroatoms. The predicted octanol–water partition coefficient (Wildman–Crippen LogP) is 4.30. The van der Waals surface area contributed by atoms with Crippen molar-refractivity contribution >= 4 is 11.8 Å². The molecule has 0 saturated heterocycles. The number of hydrogen-bond acceptors (Lipinski definition) is 2. The van der Waals surface area contributed by atoms with Crippen molar-refractivity contribution in [1.82, 2.24) is 0 Å². The number of hydrogen-bond donors (Lipinski definition) is 0. The molecule has 0 fully saturated rings. The molecular formula is C14H22OS. The normalized spacial score (nSPS) is 13.8. The average Bonchev–Trinajstić information content (AvgIpc) is 2.24. The molecule has 16 heavy (non-hydrogen) atoms. The topological polar surface area (TPSA) is 9.23 Å². The Kier molecular flexibility index (Phi) is 5.36. The molecule has 1 unspecified atom stereocenters. The maximum absolute atomic E-state index is 5.19. The SMILES string of the molecule is COCCC(SC(C)(C)C)c1ccccc1. The monoisotopic (exact) mass is 238 g/mol. The van der Waals surface area contributed by atoms with Crippen molar-refractivity contribution in [3.63, 3.8) is 0 Å². The van der Waals surface area contributed by atoms with Crippen molar-refractivity contribution in [2.75, 3.05) is 13.7 Å². The Labute approximate surface area is 104 Å². The Morgan fingerprint density at radius 3 is 2.31 bits per heavy atom. The summed E-state index contributed by atoms with van der Waals surface area (Å²) < 4.78 is 5.48. The van der Waals surface area contributed by atoms with Gasteiger partial charge in [0.05, 0.1) is 0 Å². The van der Waals surface area contributed by atoms with Crippen LogP contribution in [-0.2, 0) is 4.74 Å². The van der Waals surface area contributed by atoms with E-state index in [0.29, 0.717) is 5.25 Å². The zero-order valence-electron chi connectivity index (χ0n) is 10.7. The van der Waals surface area contributed by atoms with Gasteiger partial charge in [0.25, 0.3) is 0 Å². The lowest BCUT2D eigenvalue weighted by atomic mass is 10.1. The van der Waals surface area contributed by atoms with Crippen molar-refractivity contribution in [3.05, 3.63) is 35.9 Å². The summed E-state index contributed by atoms with van der Waals surface area (Å²) in [5, 5.41) is 0.529. The molecule has 0 aliphatic heterocycles. The van der Waals surface area contributed by atoms with Crippen LogP contribution >= 0.6 is 11.8 Å². The molecule has 0 amide bonds. The molecule has 1 aromatic carbocycles. The Hall–Kier alpha value is -0.470. The quantitative estimate of drug-likeness (QED) is 0.756. The van der Waals surface area contributed by atoms with Gasteiger partial charge in [-0.05, 0) is 12.0 Å². The van der Waals surface area contributed by atoms with Crippen LogP contribution in [0, 0.1) is 0 Å². The first-order valence-electron chi connectivity index (χ1n) is 5.74. The molecule has 1 rings (SSSR count). The second-order valence-corrected chi connectivity index (χ2v) is 6.94. The molecule has 0 radical (unpaired) electrons. The zero-order valence-corrected chi connectivity index (χ0v) is 11.5. The standard InChI is InChI=1S/C14H22OS/c1-14(2,3)16-13(10-11-15-4)12-8-6-5-7-9-12/h5-9,13H,10-11H2,1-4H3. The van der Waals surface area contributed by atoms with E-state index in [9.17, 15) is 0 Å². The molecule has 0 bridgehead atoms. The van der Waals surface area contributed by atoms with Gasteiger partial charge in [-0.25, -0.2) is 0 Å². The first kappa shape index (κ1) is 13.6. The van der Waals surface area contributed by atoms with Crippen LogP contribution in [0.5, 0.6) is 0 Å². The number of rotatable bonds is 5. The first-order chi connectivity index (χ1) is 7.53. The molecule has 1 aromatic rings. The van der Waals surface area contributed by atoms with E-state index in [1.807, 2.05) is 11.8 Å². The van der Waals surface area contributed by atoms with E-state index in [4.69, 9.17) is 4.74 Å². The van der Waals surface area contributed by atoms with Crippen molar-refractivity contribution in [3.8, 4) is 0 Å². The summed E-state index contributed by atoms with van der Waals surface area (Å²) in [7, 11) is 1.77. The Morgan fingerprint density at radius 1 is 1.19 bits per heavy atom. The van der Waals surface area contributed by atoms with Gasteiger partial charge in [-0.3, -0.25) is 0 Å². The van der Waals surface area contributed by atoms with E-state index in [1.165, 1.54) is 5.56 Å². The molecule has 0 aliphatic rings. The number of benzene rings is 1. The van der Waals surface area contributed by atoms with Crippen LogP contribution in [0.25, 0.3) is 0 Å². The van der Waals surface area contributed by atoms with Crippen molar-refractivity contribution in [1.29, 1.82) is 0 Å². The number of thioether (sulfide) groups is 1. The fourth-order valence-electron chi connectivity index (χ4n) is 1.61. The van der Waals surface area contributed by atoms with Gasteiger partial charge in [0.15, 0.2) is 0 Å². The predicted molar refractivity (Wildman–Crippen MR) is 73.0 cm³/mol. The highest BCUT2D eigenvalue weighted by atomic mass is 32.2. The van der Waals surface area contributed by atoms with Gasteiger partial charge in [0.2, 0.25) is 0 Å². The molecule has 0 aromatic heterocycles. The lowest BCUT2D eigenvalue weighted by Gasteiger charge is -2.26. The molecular weight excluding hydrogens is 216 g/mol. The van der Waals surface area contributed by atoms with E-state index in [-0.39, 0.29) is 4.75 Å². The highest BCUT2D eigenvalue weighted by Crippen LogP contribution is 2.40. The maximum atomic E-state index is 5.19. The summed E-state index contributed by atoms with van der Waals surface area (Å²) in [6.45, 7) is 7.61. The average molecular weight is 238 g/mol. The molecule has 0 heterocycles. The van der Waals surface area contributed by atoms with Crippen LogP contribution in [0.1, 0.15) is 38.0 Å². The molecule has 0 spiro atoms.